The third kappa shape index (κ3) is 6.65. The van der Waals surface area contributed by atoms with Gasteiger partial charge in [0.15, 0.2) is 5.78 Å². The van der Waals surface area contributed by atoms with E-state index in [9.17, 15) is 9.59 Å². The van der Waals surface area contributed by atoms with Crippen molar-refractivity contribution in [1.82, 2.24) is 0 Å². The van der Waals surface area contributed by atoms with Crippen LogP contribution in [-0.2, 0) is 14.9 Å². The maximum atomic E-state index is 12.6. The predicted molar refractivity (Wildman–Crippen MR) is 141 cm³/mol. The maximum Gasteiger partial charge on any atom is 0.341 e. The molecule has 0 unspecified atom stereocenters. The minimum Gasteiger partial charge on any atom is -0.493 e. The van der Waals surface area contributed by atoms with Gasteiger partial charge in [0.05, 0.1) is 13.7 Å². The Hall–Kier alpha value is -2.82. The molecule has 2 aromatic carbocycles. The number of rotatable bonds is 12. The molecule has 0 aliphatic rings. The van der Waals surface area contributed by atoms with Crippen LogP contribution in [0.1, 0.15) is 94.3 Å². The SMILES string of the molecule is CCCCOc1ccc(C(CC)(CC)c2ccc(OCC(=O)C(C)(C)C)c(C)c2)cc1C(=O)OC. The van der Waals surface area contributed by atoms with Crippen molar-refractivity contribution in [3.05, 3.63) is 58.7 Å². The van der Waals surface area contributed by atoms with Crippen molar-refractivity contribution in [3.8, 4) is 11.5 Å². The lowest BCUT2D eigenvalue weighted by atomic mass is 9.70. The van der Waals surface area contributed by atoms with Gasteiger partial charge >= 0.3 is 5.97 Å². The molecule has 5 heteroatoms. The Bertz CT molecular complexity index is 1010. The van der Waals surface area contributed by atoms with Gasteiger partial charge in [0, 0.05) is 10.8 Å². The van der Waals surface area contributed by atoms with Gasteiger partial charge in [-0.15, -0.1) is 0 Å². The second-order valence-electron chi connectivity index (χ2n) is 10.1. The number of methoxy groups -OCH3 is 1. The van der Waals surface area contributed by atoms with Crippen LogP contribution in [0.4, 0.5) is 0 Å². The zero-order chi connectivity index (χ0) is 26.2. The first-order valence-electron chi connectivity index (χ1n) is 12.7. The summed E-state index contributed by atoms with van der Waals surface area (Å²) in [4.78, 5) is 24.9. The average Bonchev–Trinajstić information content (AvgIpc) is 2.84. The molecule has 2 aromatic rings. The lowest BCUT2D eigenvalue weighted by molar-refractivity contribution is -0.128. The van der Waals surface area contributed by atoms with Crippen LogP contribution < -0.4 is 9.47 Å². The monoisotopic (exact) mass is 482 g/mol. The molecule has 0 atom stereocenters. The highest BCUT2D eigenvalue weighted by Crippen LogP contribution is 2.42. The summed E-state index contributed by atoms with van der Waals surface area (Å²) in [6.07, 6.45) is 3.64. The van der Waals surface area contributed by atoms with Crippen molar-refractivity contribution >= 4 is 11.8 Å². The molecule has 0 saturated heterocycles. The van der Waals surface area contributed by atoms with E-state index >= 15 is 0 Å². The highest BCUT2D eigenvalue weighted by atomic mass is 16.5. The zero-order valence-electron chi connectivity index (χ0n) is 22.7. The van der Waals surface area contributed by atoms with E-state index < -0.39 is 11.4 Å². The number of carbonyl (C=O) groups is 2. The first-order chi connectivity index (χ1) is 16.5. The fourth-order valence-corrected chi connectivity index (χ4v) is 4.25. The van der Waals surface area contributed by atoms with Gasteiger partial charge in [0.2, 0.25) is 0 Å². The molecule has 0 aromatic heterocycles. The Kier molecular flexibility index (Phi) is 9.93. The number of unbranched alkanes of at least 4 members (excludes halogenated alkanes) is 1. The second-order valence-corrected chi connectivity index (χ2v) is 10.1. The standard InChI is InChI=1S/C30H42O5/c1-9-12-17-34-26-16-14-23(19-24(26)28(32)33-8)30(10-2,11-3)22-13-15-25(21(4)18-22)35-20-27(31)29(5,6)7/h13-16,18-19H,9-12,17,20H2,1-8H3. The molecule has 0 N–H and O–H groups in total. The highest BCUT2D eigenvalue weighted by Gasteiger charge is 2.33. The van der Waals surface area contributed by atoms with Crippen molar-refractivity contribution < 1.29 is 23.8 Å². The molecule has 0 aliphatic carbocycles. The van der Waals surface area contributed by atoms with E-state index in [1.54, 1.807) is 0 Å². The first kappa shape index (κ1) is 28.4. The molecule has 5 nitrogen and oxygen atoms in total. The summed E-state index contributed by atoms with van der Waals surface area (Å²) in [6.45, 7) is 14.7. The summed E-state index contributed by atoms with van der Waals surface area (Å²) < 4.78 is 16.8. The average molecular weight is 483 g/mol. The van der Waals surface area contributed by atoms with Gasteiger partial charge in [-0.25, -0.2) is 4.79 Å². The molecule has 0 amide bonds. The Labute approximate surface area is 211 Å². The maximum absolute atomic E-state index is 12.6. The largest absolute Gasteiger partial charge is 0.493 e. The van der Waals surface area contributed by atoms with E-state index in [2.05, 4.69) is 39.0 Å². The van der Waals surface area contributed by atoms with Crippen LogP contribution in [0.2, 0.25) is 0 Å². The lowest BCUT2D eigenvalue weighted by Gasteiger charge is -2.34. The third-order valence-electron chi connectivity index (χ3n) is 6.82. The van der Waals surface area contributed by atoms with Gasteiger partial charge in [-0.3, -0.25) is 4.79 Å². The van der Waals surface area contributed by atoms with Gasteiger partial charge in [0.25, 0.3) is 0 Å². The topological polar surface area (TPSA) is 61.8 Å². The molecule has 0 spiro atoms. The summed E-state index contributed by atoms with van der Waals surface area (Å²) >= 11 is 0. The van der Waals surface area contributed by atoms with E-state index in [1.165, 1.54) is 7.11 Å². The molecule has 0 radical (unpaired) electrons. The molecule has 0 fully saturated rings. The Morgan fingerprint density at radius 2 is 1.46 bits per heavy atom. The van der Waals surface area contributed by atoms with E-state index in [0.29, 0.717) is 23.7 Å². The number of carbonyl (C=O) groups excluding carboxylic acids is 2. The summed E-state index contributed by atoms with van der Waals surface area (Å²) in [6, 6.07) is 12.0. The molecule has 2 rings (SSSR count). The van der Waals surface area contributed by atoms with Crippen LogP contribution in [0.3, 0.4) is 0 Å². The fourth-order valence-electron chi connectivity index (χ4n) is 4.25. The summed E-state index contributed by atoms with van der Waals surface area (Å²) in [5.74, 6) is 0.929. The Morgan fingerprint density at radius 1 is 0.857 bits per heavy atom. The van der Waals surface area contributed by atoms with E-state index in [0.717, 1.165) is 42.4 Å². The molecule has 0 heterocycles. The quantitative estimate of drug-likeness (QED) is 0.239. The minimum absolute atomic E-state index is 0.0539. The van der Waals surface area contributed by atoms with Crippen molar-refractivity contribution in [2.75, 3.05) is 20.3 Å². The van der Waals surface area contributed by atoms with Crippen LogP contribution in [0.25, 0.3) is 0 Å². The number of esters is 1. The number of aryl methyl sites for hydroxylation is 1. The molecule has 0 aliphatic heterocycles. The molecule has 0 saturated carbocycles. The van der Waals surface area contributed by atoms with Crippen LogP contribution in [0.5, 0.6) is 11.5 Å². The van der Waals surface area contributed by atoms with Crippen LogP contribution >= 0.6 is 0 Å². The van der Waals surface area contributed by atoms with Gasteiger partial charge < -0.3 is 14.2 Å². The van der Waals surface area contributed by atoms with Gasteiger partial charge in [-0.2, -0.15) is 0 Å². The molecule has 192 valence electrons. The number of benzene rings is 2. The normalized spacial score (nSPS) is 11.8. The van der Waals surface area contributed by atoms with Crippen molar-refractivity contribution in [1.29, 1.82) is 0 Å². The number of hydrogen-bond donors (Lipinski definition) is 0. The first-order valence-corrected chi connectivity index (χ1v) is 12.7. The van der Waals surface area contributed by atoms with E-state index in [4.69, 9.17) is 14.2 Å². The van der Waals surface area contributed by atoms with E-state index in [1.807, 2.05) is 45.9 Å². The number of ketones is 1. The van der Waals surface area contributed by atoms with Gasteiger partial charge in [-0.05, 0) is 61.1 Å². The number of Topliss-reactive ketones (excluding diaryl/α,β-unsaturated/α-hetero) is 1. The molecule has 35 heavy (non-hydrogen) atoms. The number of ether oxygens (including phenoxy) is 3. The minimum atomic E-state index is -0.433. The van der Waals surface area contributed by atoms with Crippen molar-refractivity contribution in [2.24, 2.45) is 5.41 Å². The summed E-state index contributed by atoms with van der Waals surface area (Å²) in [5, 5.41) is 0. The Balaban J connectivity index is 2.45. The number of hydrogen-bond acceptors (Lipinski definition) is 5. The van der Waals surface area contributed by atoms with Gasteiger partial charge in [-0.1, -0.05) is 66.2 Å². The summed E-state index contributed by atoms with van der Waals surface area (Å²) in [5.41, 5.74) is 2.88. The lowest BCUT2D eigenvalue weighted by Crippen LogP contribution is -2.27. The third-order valence-corrected chi connectivity index (χ3v) is 6.82. The molecular formula is C30H42O5. The Morgan fingerprint density at radius 3 is 1.97 bits per heavy atom. The fraction of sp³-hybridized carbons (Fsp3) is 0.533. The van der Waals surface area contributed by atoms with E-state index in [-0.39, 0.29) is 17.8 Å². The molecule has 0 bridgehead atoms. The van der Waals surface area contributed by atoms with Crippen LogP contribution in [0, 0.1) is 12.3 Å². The van der Waals surface area contributed by atoms with Crippen molar-refractivity contribution in [2.45, 2.75) is 79.6 Å². The van der Waals surface area contributed by atoms with Crippen LogP contribution in [-0.4, -0.2) is 32.1 Å². The van der Waals surface area contributed by atoms with Gasteiger partial charge in [0.1, 0.15) is 23.7 Å². The smallest absolute Gasteiger partial charge is 0.341 e. The zero-order valence-corrected chi connectivity index (χ0v) is 22.7. The predicted octanol–water partition coefficient (Wildman–Crippen LogP) is 7.06. The van der Waals surface area contributed by atoms with Crippen LogP contribution in [0.15, 0.2) is 36.4 Å². The second kappa shape index (κ2) is 12.2. The molecular weight excluding hydrogens is 440 g/mol. The van der Waals surface area contributed by atoms with Crippen molar-refractivity contribution in [3.63, 3.8) is 0 Å². The summed E-state index contributed by atoms with van der Waals surface area (Å²) in [7, 11) is 1.39. The highest BCUT2D eigenvalue weighted by molar-refractivity contribution is 5.92.